The van der Waals surface area contributed by atoms with Crippen LogP contribution in [0.15, 0.2) is 23.3 Å². The fourth-order valence-electron chi connectivity index (χ4n) is 1.24. The molecule has 0 saturated carbocycles. The van der Waals surface area contributed by atoms with Crippen molar-refractivity contribution in [2.75, 3.05) is 0 Å². The Bertz CT molecular complexity index is 228. The third-order valence-electron chi connectivity index (χ3n) is 1.90. The molecule has 0 aliphatic heterocycles. The van der Waals surface area contributed by atoms with E-state index < -0.39 is 0 Å². The van der Waals surface area contributed by atoms with Gasteiger partial charge in [-0.15, -0.1) is 0 Å². The molecule has 0 spiro atoms. The van der Waals surface area contributed by atoms with Gasteiger partial charge in [-0.3, -0.25) is 0 Å². The summed E-state index contributed by atoms with van der Waals surface area (Å²) >= 11 is 0. The number of allylic oxidation sites excluding steroid dienone is 4. The van der Waals surface area contributed by atoms with Gasteiger partial charge in [-0.25, -0.2) is 0 Å². The van der Waals surface area contributed by atoms with E-state index in [1.807, 2.05) is 13.0 Å². The number of nitrogens with zero attached hydrogens (tertiary/aromatic N) is 1. The van der Waals surface area contributed by atoms with Crippen LogP contribution in [0.2, 0.25) is 0 Å². The molecule has 1 unspecified atom stereocenters. The molecule has 0 aromatic carbocycles. The largest absolute Gasteiger partial charge is 0.193 e. The zero-order chi connectivity index (χ0) is 7.56. The molecule has 0 amide bonds. The number of nitriles is 1. The second-order valence-corrected chi connectivity index (χ2v) is 2.75. The third kappa shape index (κ3) is 1.11. The van der Waals surface area contributed by atoms with Crippen LogP contribution in [0.5, 0.6) is 0 Å². The summed E-state index contributed by atoms with van der Waals surface area (Å²) in [6, 6.07) is 2.23. The summed E-state index contributed by atoms with van der Waals surface area (Å²) < 4.78 is 0. The SMILES string of the molecule is CC1=C(C#N)C(C)CC=C1. The Morgan fingerprint density at radius 1 is 1.70 bits per heavy atom. The lowest BCUT2D eigenvalue weighted by molar-refractivity contribution is 0.699. The van der Waals surface area contributed by atoms with Crippen molar-refractivity contribution >= 4 is 0 Å². The maximum absolute atomic E-state index is 8.69. The lowest BCUT2D eigenvalue weighted by Crippen LogP contribution is -2.01. The van der Waals surface area contributed by atoms with Gasteiger partial charge in [0.25, 0.3) is 0 Å². The van der Waals surface area contributed by atoms with Crippen LogP contribution in [-0.4, -0.2) is 0 Å². The van der Waals surface area contributed by atoms with Crippen LogP contribution in [0.1, 0.15) is 20.3 Å². The first kappa shape index (κ1) is 7.08. The number of rotatable bonds is 0. The molecule has 0 heterocycles. The molecule has 52 valence electrons. The van der Waals surface area contributed by atoms with Crippen molar-refractivity contribution in [1.82, 2.24) is 0 Å². The molecule has 1 atom stereocenters. The first-order valence-electron chi connectivity index (χ1n) is 3.53. The summed E-state index contributed by atoms with van der Waals surface area (Å²) in [4.78, 5) is 0. The van der Waals surface area contributed by atoms with Crippen LogP contribution in [0.3, 0.4) is 0 Å². The lowest BCUT2D eigenvalue weighted by Gasteiger charge is -2.13. The molecule has 1 aliphatic carbocycles. The van der Waals surface area contributed by atoms with Crippen LogP contribution in [0.25, 0.3) is 0 Å². The quantitative estimate of drug-likeness (QED) is 0.498. The first-order valence-corrected chi connectivity index (χ1v) is 3.53. The molecule has 1 heteroatoms. The van der Waals surface area contributed by atoms with E-state index in [2.05, 4.69) is 19.1 Å². The van der Waals surface area contributed by atoms with Crippen molar-refractivity contribution in [2.45, 2.75) is 20.3 Å². The minimum absolute atomic E-state index is 0.426. The van der Waals surface area contributed by atoms with Crippen LogP contribution in [0, 0.1) is 17.2 Å². The maximum Gasteiger partial charge on any atom is 0.0952 e. The lowest BCUT2D eigenvalue weighted by atomic mass is 9.90. The molecular weight excluding hydrogens is 122 g/mol. The van der Waals surface area contributed by atoms with Crippen molar-refractivity contribution in [3.8, 4) is 6.07 Å². The van der Waals surface area contributed by atoms with Gasteiger partial charge in [0.15, 0.2) is 0 Å². The molecule has 0 aromatic heterocycles. The molecule has 0 bridgehead atoms. The van der Waals surface area contributed by atoms with Gasteiger partial charge in [0.05, 0.1) is 6.07 Å². The molecule has 1 rings (SSSR count). The molecule has 1 nitrogen and oxygen atoms in total. The van der Waals surface area contributed by atoms with E-state index in [0.29, 0.717) is 5.92 Å². The van der Waals surface area contributed by atoms with E-state index in [4.69, 9.17) is 5.26 Å². The second kappa shape index (κ2) is 2.70. The van der Waals surface area contributed by atoms with Crippen molar-refractivity contribution < 1.29 is 0 Å². The van der Waals surface area contributed by atoms with Gasteiger partial charge in [0, 0.05) is 5.57 Å². The molecule has 0 fully saturated rings. The van der Waals surface area contributed by atoms with Gasteiger partial charge in [-0.2, -0.15) is 5.26 Å². The highest BCUT2D eigenvalue weighted by molar-refractivity contribution is 5.38. The highest BCUT2D eigenvalue weighted by atomic mass is 14.3. The third-order valence-corrected chi connectivity index (χ3v) is 1.90. The van der Waals surface area contributed by atoms with E-state index in [1.165, 1.54) is 0 Å². The predicted molar refractivity (Wildman–Crippen MR) is 41.2 cm³/mol. The van der Waals surface area contributed by atoms with Crippen LogP contribution >= 0.6 is 0 Å². The van der Waals surface area contributed by atoms with E-state index >= 15 is 0 Å². The summed E-state index contributed by atoms with van der Waals surface area (Å²) in [7, 11) is 0. The first-order chi connectivity index (χ1) is 4.75. The van der Waals surface area contributed by atoms with Crippen LogP contribution in [0.4, 0.5) is 0 Å². The molecule has 0 saturated heterocycles. The number of hydrogen-bond acceptors (Lipinski definition) is 1. The van der Waals surface area contributed by atoms with Crippen molar-refractivity contribution in [1.29, 1.82) is 5.26 Å². The zero-order valence-electron chi connectivity index (χ0n) is 6.39. The van der Waals surface area contributed by atoms with E-state index in [-0.39, 0.29) is 0 Å². The topological polar surface area (TPSA) is 23.8 Å². The zero-order valence-corrected chi connectivity index (χ0v) is 6.39. The van der Waals surface area contributed by atoms with E-state index in [9.17, 15) is 0 Å². The average Bonchev–Trinajstić information content (AvgIpc) is 1.88. The van der Waals surface area contributed by atoms with Gasteiger partial charge in [0.2, 0.25) is 0 Å². The average molecular weight is 133 g/mol. The molecular formula is C9H11N. The van der Waals surface area contributed by atoms with Crippen LogP contribution in [-0.2, 0) is 0 Å². The molecule has 0 aromatic rings. The van der Waals surface area contributed by atoms with Gasteiger partial charge < -0.3 is 0 Å². The Balaban J connectivity index is 2.97. The fourth-order valence-corrected chi connectivity index (χ4v) is 1.24. The summed E-state index contributed by atoms with van der Waals surface area (Å²) in [5, 5.41) is 8.69. The summed E-state index contributed by atoms with van der Waals surface area (Å²) in [6.45, 7) is 4.08. The van der Waals surface area contributed by atoms with Crippen molar-refractivity contribution in [3.63, 3.8) is 0 Å². The van der Waals surface area contributed by atoms with Gasteiger partial charge >= 0.3 is 0 Å². The second-order valence-electron chi connectivity index (χ2n) is 2.75. The van der Waals surface area contributed by atoms with Gasteiger partial charge in [-0.05, 0) is 24.8 Å². The summed E-state index contributed by atoms with van der Waals surface area (Å²) in [6.07, 6.45) is 5.17. The molecule has 10 heavy (non-hydrogen) atoms. The van der Waals surface area contributed by atoms with Crippen LogP contribution < -0.4 is 0 Å². The predicted octanol–water partition coefficient (Wildman–Crippen LogP) is 2.42. The van der Waals surface area contributed by atoms with E-state index in [1.54, 1.807) is 0 Å². The normalized spacial score (nSPS) is 24.7. The Kier molecular flexibility index (Phi) is 1.91. The molecule has 0 radical (unpaired) electrons. The Morgan fingerprint density at radius 3 is 2.80 bits per heavy atom. The van der Waals surface area contributed by atoms with Crippen molar-refractivity contribution in [3.05, 3.63) is 23.3 Å². The minimum atomic E-state index is 0.426. The minimum Gasteiger partial charge on any atom is -0.193 e. The standard InChI is InChI=1S/C9H11N/c1-7-4-3-5-8(2)9(7)6-10/h3-4,8H,5H2,1-2H3. The Labute approximate surface area is 61.7 Å². The highest BCUT2D eigenvalue weighted by Gasteiger charge is 2.11. The maximum atomic E-state index is 8.69. The summed E-state index contributed by atoms with van der Waals surface area (Å²) in [5.41, 5.74) is 2.07. The Morgan fingerprint density at radius 2 is 2.40 bits per heavy atom. The molecule has 0 N–H and O–H groups in total. The van der Waals surface area contributed by atoms with E-state index in [0.717, 1.165) is 17.6 Å². The smallest absolute Gasteiger partial charge is 0.0952 e. The number of hydrogen-bond donors (Lipinski definition) is 0. The van der Waals surface area contributed by atoms with Gasteiger partial charge in [-0.1, -0.05) is 19.1 Å². The Hall–Kier alpha value is -1.03. The van der Waals surface area contributed by atoms with Crippen molar-refractivity contribution in [2.24, 2.45) is 5.92 Å². The highest BCUT2D eigenvalue weighted by Crippen LogP contribution is 2.23. The monoisotopic (exact) mass is 133 g/mol. The van der Waals surface area contributed by atoms with Gasteiger partial charge in [0.1, 0.15) is 0 Å². The molecule has 1 aliphatic rings. The fraction of sp³-hybridized carbons (Fsp3) is 0.444. The summed E-state index contributed by atoms with van der Waals surface area (Å²) in [5.74, 6) is 0.426.